The van der Waals surface area contributed by atoms with Gasteiger partial charge in [-0.15, -0.1) is 0 Å². The predicted octanol–water partition coefficient (Wildman–Crippen LogP) is 3.48. The van der Waals surface area contributed by atoms with E-state index < -0.39 is 0 Å². The van der Waals surface area contributed by atoms with Gasteiger partial charge in [0.25, 0.3) is 0 Å². The molecule has 2 aliphatic rings. The van der Waals surface area contributed by atoms with Crippen LogP contribution in [0.3, 0.4) is 0 Å². The Morgan fingerprint density at radius 3 is 2.55 bits per heavy atom. The van der Waals surface area contributed by atoms with E-state index in [-0.39, 0.29) is 11.9 Å². The highest BCUT2D eigenvalue weighted by molar-refractivity contribution is 5.21. The fraction of sp³-hybridized carbons (Fsp3) is 0.647. The van der Waals surface area contributed by atoms with Gasteiger partial charge < -0.3 is 5.73 Å². The molecule has 0 radical (unpaired) electrons. The van der Waals surface area contributed by atoms with E-state index in [1.54, 1.807) is 12.1 Å². The van der Waals surface area contributed by atoms with Crippen LogP contribution in [0.25, 0.3) is 0 Å². The summed E-state index contributed by atoms with van der Waals surface area (Å²) in [6.45, 7) is 1.76. The van der Waals surface area contributed by atoms with Crippen molar-refractivity contribution in [2.45, 2.75) is 50.6 Å². The zero-order chi connectivity index (χ0) is 13.9. The number of piperidine rings is 1. The maximum Gasteiger partial charge on any atom is 0.123 e. The second-order valence-corrected chi connectivity index (χ2v) is 6.29. The summed E-state index contributed by atoms with van der Waals surface area (Å²) in [6.07, 6.45) is 8.07. The second kappa shape index (κ2) is 6.23. The highest BCUT2D eigenvalue weighted by Crippen LogP contribution is 2.39. The van der Waals surface area contributed by atoms with Crippen LogP contribution in [-0.2, 0) is 0 Å². The van der Waals surface area contributed by atoms with E-state index >= 15 is 0 Å². The molecule has 0 aromatic heterocycles. The van der Waals surface area contributed by atoms with Gasteiger partial charge in [0.15, 0.2) is 0 Å². The Balaban J connectivity index is 1.82. The number of fused-ring (bicyclic) bond motifs is 1. The van der Waals surface area contributed by atoms with Gasteiger partial charge in [0.2, 0.25) is 0 Å². The van der Waals surface area contributed by atoms with E-state index in [0.29, 0.717) is 12.6 Å². The monoisotopic (exact) mass is 276 g/mol. The summed E-state index contributed by atoms with van der Waals surface area (Å²) in [4.78, 5) is 2.61. The normalized spacial score (nSPS) is 28.9. The third-order valence-corrected chi connectivity index (χ3v) is 5.16. The van der Waals surface area contributed by atoms with Crippen molar-refractivity contribution in [3.05, 3.63) is 35.6 Å². The molecule has 110 valence electrons. The summed E-state index contributed by atoms with van der Waals surface area (Å²) in [5.41, 5.74) is 7.23. The lowest BCUT2D eigenvalue weighted by molar-refractivity contribution is 0.0276. The molecule has 0 bridgehead atoms. The lowest BCUT2D eigenvalue weighted by Gasteiger charge is -2.47. The number of benzene rings is 1. The summed E-state index contributed by atoms with van der Waals surface area (Å²) in [5.74, 6) is 0.686. The minimum Gasteiger partial charge on any atom is -0.329 e. The Morgan fingerprint density at radius 1 is 1.10 bits per heavy atom. The third kappa shape index (κ3) is 2.75. The summed E-state index contributed by atoms with van der Waals surface area (Å²) in [7, 11) is 0. The van der Waals surface area contributed by atoms with Crippen LogP contribution in [0.1, 0.15) is 50.1 Å². The average molecular weight is 276 g/mol. The lowest BCUT2D eigenvalue weighted by atomic mass is 9.77. The van der Waals surface area contributed by atoms with Crippen LogP contribution in [0.5, 0.6) is 0 Å². The smallest absolute Gasteiger partial charge is 0.123 e. The molecule has 3 heteroatoms. The van der Waals surface area contributed by atoms with E-state index in [4.69, 9.17) is 5.73 Å². The van der Waals surface area contributed by atoms with Gasteiger partial charge in [0, 0.05) is 18.6 Å². The maximum atomic E-state index is 13.1. The van der Waals surface area contributed by atoms with Gasteiger partial charge >= 0.3 is 0 Å². The topological polar surface area (TPSA) is 29.3 Å². The van der Waals surface area contributed by atoms with Crippen molar-refractivity contribution in [1.29, 1.82) is 0 Å². The average Bonchev–Trinajstić information content (AvgIpc) is 2.50. The quantitative estimate of drug-likeness (QED) is 0.916. The molecule has 2 fully saturated rings. The van der Waals surface area contributed by atoms with Crippen LogP contribution in [0, 0.1) is 11.7 Å². The van der Waals surface area contributed by atoms with Crippen LogP contribution in [0.2, 0.25) is 0 Å². The first kappa shape index (κ1) is 14.0. The first-order chi connectivity index (χ1) is 9.79. The number of halogens is 1. The minimum atomic E-state index is -0.168. The van der Waals surface area contributed by atoms with E-state index in [1.807, 2.05) is 12.1 Å². The maximum absolute atomic E-state index is 13.1. The van der Waals surface area contributed by atoms with Crippen LogP contribution in [0.4, 0.5) is 4.39 Å². The Hall–Kier alpha value is -0.930. The van der Waals surface area contributed by atoms with Gasteiger partial charge in [-0.05, 0) is 55.8 Å². The fourth-order valence-electron chi connectivity index (χ4n) is 4.20. The molecule has 1 saturated carbocycles. The van der Waals surface area contributed by atoms with E-state index in [2.05, 4.69) is 4.90 Å². The zero-order valence-corrected chi connectivity index (χ0v) is 12.1. The summed E-state index contributed by atoms with van der Waals surface area (Å²) in [5, 5.41) is 0. The Morgan fingerprint density at radius 2 is 1.80 bits per heavy atom. The number of rotatable bonds is 3. The largest absolute Gasteiger partial charge is 0.329 e. The minimum absolute atomic E-state index is 0.168. The number of likely N-dealkylation sites (tertiary alicyclic amines) is 1. The number of hydrogen-bond donors (Lipinski definition) is 1. The first-order valence-electron chi connectivity index (χ1n) is 8.01. The molecule has 1 heterocycles. The van der Waals surface area contributed by atoms with Gasteiger partial charge in [0.05, 0.1) is 0 Å². The molecule has 2 N–H and O–H groups in total. The molecule has 3 atom stereocenters. The fourth-order valence-corrected chi connectivity index (χ4v) is 4.20. The van der Waals surface area contributed by atoms with E-state index in [9.17, 15) is 4.39 Å². The second-order valence-electron chi connectivity index (χ2n) is 6.29. The van der Waals surface area contributed by atoms with Gasteiger partial charge in [-0.3, -0.25) is 4.90 Å². The first-order valence-corrected chi connectivity index (χ1v) is 8.01. The van der Waals surface area contributed by atoms with Gasteiger partial charge in [0.1, 0.15) is 5.82 Å². The molecule has 3 unspecified atom stereocenters. The van der Waals surface area contributed by atoms with Crippen LogP contribution >= 0.6 is 0 Å². The summed E-state index contributed by atoms with van der Waals surface area (Å²) in [6, 6.07) is 7.86. The highest BCUT2D eigenvalue weighted by Gasteiger charge is 2.36. The molecule has 2 nitrogen and oxygen atoms in total. The van der Waals surface area contributed by atoms with Crippen LogP contribution in [0.15, 0.2) is 24.3 Å². The van der Waals surface area contributed by atoms with E-state index in [0.717, 1.165) is 12.5 Å². The summed E-state index contributed by atoms with van der Waals surface area (Å²) >= 11 is 0. The zero-order valence-electron chi connectivity index (χ0n) is 12.1. The number of nitrogens with zero attached hydrogens (tertiary/aromatic N) is 1. The number of hydrogen-bond acceptors (Lipinski definition) is 2. The predicted molar refractivity (Wildman–Crippen MR) is 79.9 cm³/mol. The van der Waals surface area contributed by atoms with Crippen molar-refractivity contribution in [3.8, 4) is 0 Å². The van der Waals surface area contributed by atoms with Gasteiger partial charge in [-0.2, -0.15) is 0 Å². The van der Waals surface area contributed by atoms with Crippen LogP contribution in [-0.4, -0.2) is 24.0 Å². The standard InChI is InChI=1S/C17H25FN2/c18-15-9-7-14(8-10-15)17(12-19)20-11-3-5-13-4-1-2-6-16(13)20/h7-10,13,16-17H,1-6,11-12,19H2. The molecule has 3 rings (SSSR count). The van der Waals surface area contributed by atoms with Gasteiger partial charge in [-0.1, -0.05) is 25.0 Å². The molecule has 1 aliphatic carbocycles. The van der Waals surface area contributed by atoms with Crippen molar-refractivity contribution in [3.63, 3.8) is 0 Å². The number of nitrogens with two attached hydrogens (primary N) is 1. The highest BCUT2D eigenvalue weighted by atomic mass is 19.1. The molecule has 0 spiro atoms. The lowest BCUT2D eigenvalue weighted by Crippen LogP contribution is -2.49. The van der Waals surface area contributed by atoms with Crippen LogP contribution < -0.4 is 5.73 Å². The van der Waals surface area contributed by atoms with E-state index in [1.165, 1.54) is 44.1 Å². The SMILES string of the molecule is NCC(c1ccc(F)cc1)N1CCCC2CCCCC21. The summed E-state index contributed by atoms with van der Waals surface area (Å²) < 4.78 is 13.1. The molecular weight excluding hydrogens is 251 g/mol. The molecule has 0 amide bonds. The molecular formula is C17H25FN2. The van der Waals surface area contributed by atoms with Crippen molar-refractivity contribution in [1.82, 2.24) is 4.90 Å². The van der Waals surface area contributed by atoms with Crippen molar-refractivity contribution in [2.24, 2.45) is 11.7 Å². The Kier molecular flexibility index (Phi) is 4.37. The van der Waals surface area contributed by atoms with Gasteiger partial charge in [-0.25, -0.2) is 4.39 Å². The van der Waals surface area contributed by atoms with Crippen molar-refractivity contribution in [2.75, 3.05) is 13.1 Å². The van der Waals surface area contributed by atoms with Crippen molar-refractivity contribution >= 4 is 0 Å². The molecule has 1 aromatic carbocycles. The molecule has 1 aromatic rings. The molecule has 20 heavy (non-hydrogen) atoms. The Labute approximate surface area is 121 Å². The Bertz CT molecular complexity index is 429. The third-order valence-electron chi connectivity index (χ3n) is 5.16. The molecule has 1 saturated heterocycles. The van der Waals surface area contributed by atoms with Crippen molar-refractivity contribution < 1.29 is 4.39 Å². The molecule has 1 aliphatic heterocycles.